The number of nitrogens with zero attached hydrogens (tertiary/aromatic N) is 2. The molecule has 2 rings (SSSR count). The second-order valence-corrected chi connectivity index (χ2v) is 7.25. The van der Waals surface area contributed by atoms with E-state index in [-0.39, 0.29) is 5.54 Å². The van der Waals surface area contributed by atoms with E-state index in [4.69, 9.17) is 4.74 Å². The van der Waals surface area contributed by atoms with Gasteiger partial charge in [-0.3, -0.25) is 0 Å². The summed E-state index contributed by atoms with van der Waals surface area (Å²) < 4.78 is 5.74. The summed E-state index contributed by atoms with van der Waals surface area (Å²) >= 11 is 1.65. The SMILES string of the molecule is Cc1cccc(OCCc2nnc(CNC(C)(C)C)s2)c1. The Morgan fingerprint density at radius 1 is 1.19 bits per heavy atom. The summed E-state index contributed by atoms with van der Waals surface area (Å²) in [6.07, 6.45) is 0.793. The molecule has 0 saturated carbocycles. The Kier molecular flexibility index (Phi) is 5.31. The number of hydrogen-bond donors (Lipinski definition) is 1. The van der Waals surface area contributed by atoms with Gasteiger partial charge >= 0.3 is 0 Å². The van der Waals surface area contributed by atoms with Gasteiger partial charge in [0.2, 0.25) is 0 Å². The topological polar surface area (TPSA) is 47.0 Å². The molecule has 0 atom stereocenters. The minimum atomic E-state index is 0.0973. The van der Waals surface area contributed by atoms with Crippen LogP contribution in [0, 0.1) is 6.92 Å². The van der Waals surface area contributed by atoms with E-state index in [1.54, 1.807) is 11.3 Å². The summed E-state index contributed by atoms with van der Waals surface area (Å²) in [7, 11) is 0. The third-order valence-corrected chi connectivity index (χ3v) is 3.84. The summed E-state index contributed by atoms with van der Waals surface area (Å²) in [4.78, 5) is 0. The van der Waals surface area contributed by atoms with Gasteiger partial charge in [-0.2, -0.15) is 0 Å². The van der Waals surface area contributed by atoms with Crippen molar-refractivity contribution in [2.45, 2.75) is 46.2 Å². The minimum absolute atomic E-state index is 0.0973. The molecule has 0 aliphatic rings. The van der Waals surface area contributed by atoms with Gasteiger partial charge in [0, 0.05) is 12.0 Å². The molecule has 0 amide bonds. The average molecular weight is 305 g/mol. The molecule has 1 heterocycles. The highest BCUT2D eigenvalue weighted by atomic mass is 32.1. The third kappa shape index (κ3) is 5.81. The van der Waals surface area contributed by atoms with Crippen LogP contribution in [0.5, 0.6) is 5.75 Å². The summed E-state index contributed by atoms with van der Waals surface area (Å²) in [6, 6.07) is 8.09. The molecule has 0 unspecified atom stereocenters. The van der Waals surface area contributed by atoms with Crippen molar-refractivity contribution in [3.05, 3.63) is 39.8 Å². The highest BCUT2D eigenvalue weighted by Gasteiger charge is 2.11. The quantitative estimate of drug-likeness (QED) is 0.889. The number of aromatic nitrogens is 2. The van der Waals surface area contributed by atoms with Crippen molar-refractivity contribution in [3.8, 4) is 5.75 Å². The van der Waals surface area contributed by atoms with E-state index in [2.05, 4.69) is 49.3 Å². The zero-order chi connectivity index (χ0) is 15.3. The first-order chi connectivity index (χ1) is 9.92. The fraction of sp³-hybridized carbons (Fsp3) is 0.500. The summed E-state index contributed by atoms with van der Waals surface area (Å²) in [5.41, 5.74) is 1.30. The standard InChI is InChI=1S/C16H23N3OS/c1-12-6-5-7-13(10-12)20-9-8-14-18-19-15(21-14)11-17-16(2,3)4/h5-7,10,17H,8-9,11H2,1-4H3. The predicted molar refractivity (Wildman–Crippen MR) is 86.9 cm³/mol. The monoisotopic (exact) mass is 305 g/mol. The van der Waals surface area contributed by atoms with Gasteiger partial charge in [-0.05, 0) is 45.4 Å². The molecular weight excluding hydrogens is 282 g/mol. The lowest BCUT2D eigenvalue weighted by atomic mass is 10.1. The Labute approximate surface area is 130 Å². The van der Waals surface area contributed by atoms with E-state index >= 15 is 0 Å². The first-order valence-electron chi connectivity index (χ1n) is 7.18. The normalized spacial score (nSPS) is 11.6. The molecule has 0 bridgehead atoms. The van der Waals surface area contributed by atoms with E-state index in [1.165, 1.54) is 5.56 Å². The first-order valence-corrected chi connectivity index (χ1v) is 8.00. The van der Waals surface area contributed by atoms with Gasteiger partial charge in [0.05, 0.1) is 13.2 Å². The van der Waals surface area contributed by atoms with E-state index in [0.717, 1.165) is 28.7 Å². The van der Waals surface area contributed by atoms with Crippen molar-refractivity contribution in [1.29, 1.82) is 0 Å². The molecule has 21 heavy (non-hydrogen) atoms. The number of benzene rings is 1. The highest BCUT2D eigenvalue weighted by molar-refractivity contribution is 7.11. The Bertz CT molecular complexity index is 575. The molecular formula is C16H23N3OS. The van der Waals surface area contributed by atoms with Crippen LogP contribution in [0.1, 0.15) is 36.3 Å². The molecule has 5 heteroatoms. The number of hydrogen-bond acceptors (Lipinski definition) is 5. The molecule has 1 aromatic heterocycles. The molecule has 1 N–H and O–H groups in total. The van der Waals surface area contributed by atoms with Crippen LogP contribution in [0.3, 0.4) is 0 Å². The molecule has 114 valence electrons. The Balaban J connectivity index is 1.78. The van der Waals surface area contributed by atoms with Crippen LogP contribution in [-0.4, -0.2) is 22.3 Å². The fourth-order valence-corrected chi connectivity index (χ4v) is 2.53. The van der Waals surface area contributed by atoms with Crippen LogP contribution in [0.25, 0.3) is 0 Å². The van der Waals surface area contributed by atoms with Crippen LogP contribution in [0.15, 0.2) is 24.3 Å². The zero-order valence-corrected chi connectivity index (χ0v) is 14.0. The number of ether oxygens (including phenoxy) is 1. The molecule has 0 fully saturated rings. The van der Waals surface area contributed by atoms with Crippen molar-refractivity contribution in [1.82, 2.24) is 15.5 Å². The number of nitrogens with one attached hydrogen (secondary N) is 1. The van der Waals surface area contributed by atoms with Gasteiger partial charge in [0.25, 0.3) is 0 Å². The maximum atomic E-state index is 5.74. The van der Waals surface area contributed by atoms with Crippen LogP contribution < -0.4 is 10.1 Å². The molecule has 0 saturated heterocycles. The van der Waals surface area contributed by atoms with Crippen LogP contribution in [-0.2, 0) is 13.0 Å². The van der Waals surface area contributed by atoms with E-state index < -0.39 is 0 Å². The smallest absolute Gasteiger partial charge is 0.131 e. The van der Waals surface area contributed by atoms with Gasteiger partial charge in [-0.1, -0.05) is 12.1 Å². The predicted octanol–water partition coefficient (Wildman–Crippen LogP) is 3.36. The average Bonchev–Trinajstić information content (AvgIpc) is 2.84. The van der Waals surface area contributed by atoms with Crippen LogP contribution in [0.2, 0.25) is 0 Å². The van der Waals surface area contributed by atoms with Crippen molar-refractivity contribution in [2.75, 3.05) is 6.61 Å². The van der Waals surface area contributed by atoms with Crippen molar-refractivity contribution < 1.29 is 4.74 Å². The molecule has 0 aliphatic heterocycles. The molecule has 1 aromatic carbocycles. The van der Waals surface area contributed by atoms with E-state index in [9.17, 15) is 0 Å². The van der Waals surface area contributed by atoms with Crippen molar-refractivity contribution in [3.63, 3.8) is 0 Å². The number of aryl methyl sites for hydroxylation is 1. The van der Waals surface area contributed by atoms with Crippen LogP contribution in [0.4, 0.5) is 0 Å². The van der Waals surface area contributed by atoms with E-state index in [0.29, 0.717) is 6.61 Å². The lowest BCUT2D eigenvalue weighted by Crippen LogP contribution is -2.35. The fourth-order valence-electron chi connectivity index (χ4n) is 1.76. The maximum absolute atomic E-state index is 5.74. The van der Waals surface area contributed by atoms with Crippen LogP contribution >= 0.6 is 11.3 Å². The van der Waals surface area contributed by atoms with Crippen molar-refractivity contribution in [2.24, 2.45) is 0 Å². The minimum Gasteiger partial charge on any atom is -0.493 e. The molecule has 4 nitrogen and oxygen atoms in total. The van der Waals surface area contributed by atoms with Gasteiger partial charge in [0.15, 0.2) is 0 Å². The molecule has 2 aromatic rings. The van der Waals surface area contributed by atoms with Gasteiger partial charge < -0.3 is 10.1 Å². The molecule has 0 aliphatic carbocycles. The lowest BCUT2D eigenvalue weighted by Gasteiger charge is -2.19. The Morgan fingerprint density at radius 2 is 1.95 bits per heavy atom. The Hall–Kier alpha value is -1.46. The second kappa shape index (κ2) is 7.00. The summed E-state index contributed by atoms with van der Waals surface area (Å²) in [5.74, 6) is 0.911. The summed E-state index contributed by atoms with van der Waals surface area (Å²) in [5, 5.41) is 13.9. The lowest BCUT2D eigenvalue weighted by molar-refractivity contribution is 0.321. The second-order valence-electron chi connectivity index (χ2n) is 6.11. The zero-order valence-electron chi connectivity index (χ0n) is 13.1. The van der Waals surface area contributed by atoms with E-state index in [1.807, 2.05) is 18.2 Å². The molecule has 0 spiro atoms. The Morgan fingerprint density at radius 3 is 2.67 bits per heavy atom. The maximum Gasteiger partial charge on any atom is 0.131 e. The third-order valence-electron chi connectivity index (χ3n) is 2.85. The van der Waals surface area contributed by atoms with Crippen molar-refractivity contribution >= 4 is 11.3 Å². The van der Waals surface area contributed by atoms with Gasteiger partial charge in [0.1, 0.15) is 15.8 Å². The molecule has 0 radical (unpaired) electrons. The number of rotatable bonds is 6. The highest BCUT2D eigenvalue weighted by Crippen LogP contribution is 2.15. The summed E-state index contributed by atoms with van der Waals surface area (Å²) in [6.45, 7) is 9.89. The van der Waals surface area contributed by atoms with Gasteiger partial charge in [-0.15, -0.1) is 21.5 Å². The first kappa shape index (κ1) is 15.9. The largest absolute Gasteiger partial charge is 0.493 e. The van der Waals surface area contributed by atoms with Gasteiger partial charge in [-0.25, -0.2) is 0 Å².